The Morgan fingerprint density at radius 1 is 1.56 bits per heavy atom. The number of hydrogen-bond donors (Lipinski definition) is 1. The van der Waals surface area contributed by atoms with E-state index in [-0.39, 0.29) is 5.41 Å². The zero-order valence-electron chi connectivity index (χ0n) is 11.5. The first-order valence-electron chi connectivity index (χ1n) is 6.94. The lowest BCUT2D eigenvalue weighted by Crippen LogP contribution is -2.43. The number of ether oxygens (including phenoxy) is 1. The summed E-state index contributed by atoms with van der Waals surface area (Å²) in [7, 11) is 0. The van der Waals surface area contributed by atoms with Gasteiger partial charge in [-0.1, -0.05) is 6.92 Å². The van der Waals surface area contributed by atoms with Crippen LogP contribution in [0, 0.1) is 12.3 Å². The van der Waals surface area contributed by atoms with Crippen LogP contribution < -0.4 is 5.32 Å². The van der Waals surface area contributed by atoms with Crippen molar-refractivity contribution in [2.24, 2.45) is 5.41 Å². The quantitative estimate of drug-likeness (QED) is 0.806. The third-order valence-electron chi connectivity index (χ3n) is 3.52. The second-order valence-corrected chi connectivity index (χ2v) is 6.33. The summed E-state index contributed by atoms with van der Waals surface area (Å²) in [5, 5.41) is 6.98. The molecular formula is C14H24N2OS. The van der Waals surface area contributed by atoms with Crippen LogP contribution in [0.1, 0.15) is 36.9 Å². The van der Waals surface area contributed by atoms with Crippen molar-refractivity contribution in [3.05, 3.63) is 16.1 Å². The minimum atomic E-state index is 0.262. The fourth-order valence-electron chi connectivity index (χ4n) is 2.59. The molecule has 1 aromatic heterocycles. The van der Waals surface area contributed by atoms with Gasteiger partial charge in [0.2, 0.25) is 0 Å². The zero-order chi connectivity index (χ0) is 12.8. The Kier molecular flexibility index (Phi) is 5.15. The lowest BCUT2D eigenvalue weighted by Gasteiger charge is -2.36. The van der Waals surface area contributed by atoms with Crippen LogP contribution in [0.2, 0.25) is 0 Å². The molecule has 1 aliphatic rings. The molecule has 1 fully saturated rings. The first-order valence-corrected chi connectivity index (χ1v) is 7.81. The van der Waals surface area contributed by atoms with Crippen LogP contribution in [-0.4, -0.2) is 31.3 Å². The summed E-state index contributed by atoms with van der Waals surface area (Å²) in [4.78, 5) is 4.61. The van der Waals surface area contributed by atoms with Gasteiger partial charge in [0.1, 0.15) is 0 Å². The fourth-order valence-corrected chi connectivity index (χ4v) is 3.53. The van der Waals surface area contributed by atoms with Crippen molar-refractivity contribution < 1.29 is 4.74 Å². The Bertz CT molecular complexity index is 358. The van der Waals surface area contributed by atoms with Gasteiger partial charge in [-0.3, -0.25) is 0 Å². The van der Waals surface area contributed by atoms with Crippen LogP contribution in [0.25, 0.3) is 0 Å². The molecule has 1 aromatic rings. The second-order valence-electron chi connectivity index (χ2n) is 5.39. The highest BCUT2D eigenvalue weighted by Gasteiger charge is 2.33. The normalized spacial score (nSPS) is 24.3. The molecule has 0 bridgehead atoms. The third-order valence-corrected chi connectivity index (χ3v) is 4.49. The molecule has 102 valence electrons. The maximum absolute atomic E-state index is 5.73. The molecule has 3 nitrogen and oxygen atoms in total. The van der Waals surface area contributed by atoms with Crippen LogP contribution in [0.3, 0.4) is 0 Å². The number of rotatable bonds is 6. The van der Waals surface area contributed by atoms with Crippen molar-refractivity contribution >= 4 is 11.3 Å². The number of nitrogens with zero attached hydrogens (tertiary/aromatic N) is 1. The van der Waals surface area contributed by atoms with Crippen molar-refractivity contribution in [2.75, 3.05) is 26.3 Å². The minimum absolute atomic E-state index is 0.262. The van der Waals surface area contributed by atoms with Crippen LogP contribution in [-0.2, 0) is 11.2 Å². The lowest BCUT2D eigenvalue weighted by molar-refractivity contribution is -0.00709. The molecule has 0 saturated carbocycles. The number of nitrogens with one attached hydrogen (secondary N) is 1. The average Bonchev–Trinajstić information content (AvgIpc) is 2.76. The molecule has 0 aliphatic carbocycles. The van der Waals surface area contributed by atoms with E-state index >= 15 is 0 Å². The van der Waals surface area contributed by atoms with Crippen molar-refractivity contribution in [2.45, 2.75) is 39.5 Å². The summed E-state index contributed by atoms with van der Waals surface area (Å²) in [6.07, 6.45) is 4.68. The van der Waals surface area contributed by atoms with E-state index in [4.69, 9.17) is 4.74 Å². The van der Waals surface area contributed by atoms with Crippen LogP contribution in [0.15, 0.2) is 5.38 Å². The van der Waals surface area contributed by atoms with E-state index < -0.39 is 0 Å². The van der Waals surface area contributed by atoms with Gasteiger partial charge in [0.25, 0.3) is 0 Å². The molecule has 4 heteroatoms. The first-order chi connectivity index (χ1) is 8.74. The number of hydrogen-bond acceptors (Lipinski definition) is 4. The molecule has 0 radical (unpaired) electrons. The highest BCUT2D eigenvalue weighted by Crippen LogP contribution is 2.33. The Labute approximate surface area is 114 Å². The largest absolute Gasteiger partial charge is 0.381 e. The van der Waals surface area contributed by atoms with Gasteiger partial charge in [-0.25, -0.2) is 4.98 Å². The highest BCUT2D eigenvalue weighted by atomic mass is 32.1. The van der Waals surface area contributed by atoms with E-state index in [9.17, 15) is 0 Å². The third kappa shape index (κ3) is 3.77. The van der Waals surface area contributed by atoms with Gasteiger partial charge in [0.05, 0.1) is 11.6 Å². The molecule has 1 atom stereocenters. The molecule has 18 heavy (non-hydrogen) atoms. The van der Waals surface area contributed by atoms with Crippen molar-refractivity contribution in [3.8, 4) is 0 Å². The van der Waals surface area contributed by atoms with Gasteiger partial charge in [0.15, 0.2) is 0 Å². The summed E-state index contributed by atoms with van der Waals surface area (Å²) in [5.74, 6) is 0. The first kappa shape index (κ1) is 14.0. The smallest absolute Gasteiger partial charge is 0.0935 e. The van der Waals surface area contributed by atoms with Gasteiger partial charge in [-0.15, -0.1) is 11.3 Å². The van der Waals surface area contributed by atoms with Crippen LogP contribution in [0.4, 0.5) is 0 Å². The maximum atomic E-state index is 5.73. The molecule has 1 saturated heterocycles. The average molecular weight is 268 g/mol. The zero-order valence-corrected chi connectivity index (χ0v) is 12.3. The molecule has 1 N–H and O–H groups in total. The Morgan fingerprint density at radius 2 is 2.44 bits per heavy atom. The van der Waals surface area contributed by atoms with E-state index in [0.29, 0.717) is 0 Å². The number of thiazole rings is 1. The monoisotopic (exact) mass is 268 g/mol. The Balaban J connectivity index is 1.99. The topological polar surface area (TPSA) is 34.2 Å². The molecule has 1 unspecified atom stereocenters. The minimum Gasteiger partial charge on any atom is -0.381 e. The van der Waals surface area contributed by atoms with Crippen molar-refractivity contribution in [1.29, 1.82) is 0 Å². The summed E-state index contributed by atoms with van der Waals surface area (Å²) < 4.78 is 5.73. The van der Waals surface area contributed by atoms with Gasteiger partial charge in [-0.2, -0.15) is 0 Å². The van der Waals surface area contributed by atoms with Gasteiger partial charge >= 0.3 is 0 Å². The molecule has 1 aliphatic heterocycles. The molecule has 0 spiro atoms. The number of aromatic nitrogens is 1. The van der Waals surface area contributed by atoms with E-state index in [1.54, 1.807) is 11.3 Å². The summed E-state index contributed by atoms with van der Waals surface area (Å²) >= 11 is 1.79. The Morgan fingerprint density at radius 3 is 3.06 bits per heavy atom. The number of aryl methyl sites for hydroxylation is 1. The molecule has 2 rings (SSSR count). The van der Waals surface area contributed by atoms with Gasteiger partial charge in [0, 0.05) is 36.1 Å². The van der Waals surface area contributed by atoms with E-state index in [1.165, 1.54) is 24.3 Å². The maximum Gasteiger partial charge on any atom is 0.0935 e. The molecule has 0 aromatic carbocycles. The highest BCUT2D eigenvalue weighted by molar-refractivity contribution is 7.09. The molecular weight excluding hydrogens is 244 g/mol. The standard InChI is InChI=1S/C14H24N2OS/c1-3-6-15-10-14(5-4-7-17-11-14)8-13-16-12(2)9-18-13/h9,15H,3-8,10-11H2,1-2H3. The SMILES string of the molecule is CCCNCC1(Cc2nc(C)cs2)CCCOC1. The lowest BCUT2D eigenvalue weighted by atomic mass is 9.79. The van der Waals surface area contributed by atoms with E-state index in [2.05, 4.69) is 29.5 Å². The summed E-state index contributed by atoms with van der Waals surface area (Å²) in [6.45, 7) is 8.23. The summed E-state index contributed by atoms with van der Waals surface area (Å²) in [6, 6.07) is 0. The van der Waals surface area contributed by atoms with Gasteiger partial charge < -0.3 is 10.1 Å². The van der Waals surface area contributed by atoms with Crippen LogP contribution in [0.5, 0.6) is 0 Å². The van der Waals surface area contributed by atoms with E-state index in [1.807, 2.05) is 0 Å². The second kappa shape index (κ2) is 6.64. The molecule has 0 amide bonds. The van der Waals surface area contributed by atoms with Crippen molar-refractivity contribution in [1.82, 2.24) is 10.3 Å². The Hall–Kier alpha value is -0.450. The predicted octanol–water partition coefficient (Wildman–Crippen LogP) is 2.79. The summed E-state index contributed by atoms with van der Waals surface area (Å²) in [5.41, 5.74) is 1.40. The van der Waals surface area contributed by atoms with E-state index in [0.717, 1.165) is 38.4 Å². The van der Waals surface area contributed by atoms with Crippen LogP contribution >= 0.6 is 11.3 Å². The fraction of sp³-hybridized carbons (Fsp3) is 0.786. The van der Waals surface area contributed by atoms with Crippen molar-refractivity contribution in [3.63, 3.8) is 0 Å². The predicted molar refractivity (Wildman–Crippen MR) is 76.2 cm³/mol. The molecule has 2 heterocycles. The van der Waals surface area contributed by atoms with Gasteiger partial charge in [-0.05, 0) is 32.7 Å².